The summed E-state index contributed by atoms with van der Waals surface area (Å²) in [5, 5.41) is 10.8. The van der Waals surface area contributed by atoms with E-state index in [0.29, 0.717) is 41.1 Å². The molecule has 2 heterocycles. The Morgan fingerprint density at radius 3 is 2.63 bits per heavy atom. The maximum Gasteiger partial charge on any atom is 0.272 e. The first-order valence-corrected chi connectivity index (χ1v) is 8.89. The van der Waals surface area contributed by atoms with Crippen molar-refractivity contribution in [2.24, 2.45) is 0 Å². The Bertz CT molecular complexity index is 1050. The molecule has 7 heteroatoms. The van der Waals surface area contributed by atoms with Gasteiger partial charge in [0.2, 0.25) is 5.88 Å². The van der Waals surface area contributed by atoms with Crippen LogP contribution < -0.4 is 15.6 Å². The number of ether oxygens (including phenoxy) is 1. The number of carbonyl (C=O) groups excluding carboxylic acids is 1. The summed E-state index contributed by atoms with van der Waals surface area (Å²) >= 11 is 0. The molecule has 1 amide bonds. The fourth-order valence-electron chi connectivity index (χ4n) is 3.21. The van der Waals surface area contributed by atoms with Gasteiger partial charge in [-0.15, -0.1) is 5.10 Å². The number of nitrogens with one attached hydrogen (secondary N) is 2. The van der Waals surface area contributed by atoms with E-state index in [0.717, 1.165) is 18.7 Å². The van der Waals surface area contributed by atoms with Gasteiger partial charge in [0.15, 0.2) is 0 Å². The van der Waals surface area contributed by atoms with Crippen LogP contribution in [0.3, 0.4) is 0 Å². The molecule has 0 spiro atoms. The summed E-state index contributed by atoms with van der Waals surface area (Å²) in [6, 6.07) is 12.5. The number of carbonyl (C=O) groups is 1. The van der Waals surface area contributed by atoms with Gasteiger partial charge in [-0.05, 0) is 36.8 Å². The number of aryl methyl sites for hydroxylation is 1. The van der Waals surface area contributed by atoms with Gasteiger partial charge in [-0.3, -0.25) is 9.59 Å². The fourth-order valence-corrected chi connectivity index (χ4v) is 3.21. The van der Waals surface area contributed by atoms with E-state index < -0.39 is 0 Å². The molecular weight excluding hydrogens is 344 g/mol. The van der Waals surface area contributed by atoms with E-state index in [4.69, 9.17) is 4.74 Å². The van der Waals surface area contributed by atoms with Crippen LogP contribution in [-0.4, -0.2) is 47.2 Å². The minimum Gasteiger partial charge on any atom is -0.437 e. The van der Waals surface area contributed by atoms with E-state index in [1.165, 1.54) is 0 Å². The maximum absolute atomic E-state index is 12.9. The van der Waals surface area contributed by atoms with E-state index in [-0.39, 0.29) is 11.5 Å². The lowest BCUT2D eigenvalue weighted by Gasteiger charge is -2.28. The molecule has 1 aliphatic heterocycles. The van der Waals surface area contributed by atoms with Gasteiger partial charge >= 0.3 is 0 Å². The SMILES string of the molecule is Cc1ccc(Oc2n[nH]c(=O)c3ccccc23)cc1C(=O)N1CCNCC1. The molecule has 0 saturated carbocycles. The first-order valence-electron chi connectivity index (χ1n) is 8.89. The van der Waals surface area contributed by atoms with Crippen LogP contribution in [0.1, 0.15) is 15.9 Å². The minimum atomic E-state index is -0.267. The molecule has 1 aromatic heterocycles. The lowest BCUT2D eigenvalue weighted by atomic mass is 10.1. The Labute approximate surface area is 156 Å². The Balaban J connectivity index is 1.67. The minimum absolute atomic E-state index is 0.00117. The Morgan fingerprint density at radius 2 is 1.85 bits per heavy atom. The Morgan fingerprint density at radius 1 is 1.11 bits per heavy atom. The molecule has 2 aromatic carbocycles. The first kappa shape index (κ1) is 17.2. The quantitative estimate of drug-likeness (QED) is 0.743. The monoisotopic (exact) mass is 364 g/mol. The Hall–Kier alpha value is -3.19. The van der Waals surface area contributed by atoms with Gasteiger partial charge in [-0.1, -0.05) is 18.2 Å². The third kappa shape index (κ3) is 3.41. The number of amides is 1. The second-order valence-electron chi connectivity index (χ2n) is 6.52. The van der Waals surface area contributed by atoms with Crippen molar-refractivity contribution in [2.75, 3.05) is 26.2 Å². The smallest absolute Gasteiger partial charge is 0.272 e. The molecule has 0 aliphatic carbocycles. The van der Waals surface area contributed by atoms with Gasteiger partial charge in [0.05, 0.1) is 10.8 Å². The zero-order chi connectivity index (χ0) is 18.8. The van der Waals surface area contributed by atoms with Crippen LogP contribution in [0, 0.1) is 6.92 Å². The molecule has 1 aliphatic rings. The number of rotatable bonds is 3. The number of hydrogen-bond acceptors (Lipinski definition) is 5. The van der Waals surface area contributed by atoms with Crippen LogP contribution in [0.4, 0.5) is 0 Å². The van der Waals surface area contributed by atoms with Crippen molar-refractivity contribution in [3.05, 3.63) is 63.9 Å². The largest absolute Gasteiger partial charge is 0.437 e. The standard InChI is InChI=1S/C20H20N4O3/c1-13-6-7-14(12-17(13)20(26)24-10-8-21-9-11-24)27-19-16-5-3-2-4-15(16)18(25)22-23-19/h2-7,12,21H,8-11H2,1H3,(H,22,25). The highest BCUT2D eigenvalue weighted by atomic mass is 16.5. The summed E-state index contributed by atoms with van der Waals surface area (Å²) in [7, 11) is 0. The second kappa shape index (κ2) is 7.20. The lowest BCUT2D eigenvalue weighted by Crippen LogP contribution is -2.46. The number of nitrogens with zero attached hydrogens (tertiary/aromatic N) is 2. The van der Waals surface area contributed by atoms with E-state index >= 15 is 0 Å². The van der Waals surface area contributed by atoms with Crippen molar-refractivity contribution in [2.45, 2.75) is 6.92 Å². The summed E-state index contributed by atoms with van der Waals surface area (Å²) in [6.45, 7) is 4.89. The molecule has 0 unspecified atom stereocenters. The molecule has 3 aromatic rings. The normalized spacial score (nSPS) is 14.3. The van der Waals surface area contributed by atoms with Gasteiger partial charge in [-0.2, -0.15) is 0 Å². The van der Waals surface area contributed by atoms with Crippen molar-refractivity contribution in [1.82, 2.24) is 20.4 Å². The van der Waals surface area contributed by atoms with E-state index in [9.17, 15) is 9.59 Å². The highest BCUT2D eigenvalue weighted by Gasteiger charge is 2.20. The lowest BCUT2D eigenvalue weighted by molar-refractivity contribution is 0.0734. The number of H-pyrrole nitrogens is 1. The topological polar surface area (TPSA) is 87.3 Å². The highest BCUT2D eigenvalue weighted by Crippen LogP contribution is 2.27. The summed E-state index contributed by atoms with van der Waals surface area (Å²) in [6.07, 6.45) is 0. The van der Waals surface area contributed by atoms with Gasteiger partial charge in [0, 0.05) is 31.7 Å². The summed E-state index contributed by atoms with van der Waals surface area (Å²) in [5.41, 5.74) is 1.24. The molecule has 1 saturated heterocycles. The van der Waals surface area contributed by atoms with E-state index in [2.05, 4.69) is 15.5 Å². The number of piperazine rings is 1. The molecule has 1 fully saturated rings. The molecule has 0 bridgehead atoms. The van der Waals surface area contributed by atoms with Crippen molar-refractivity contribution in [1.29, 1.82) is 0 Å². The molecule has 0 atom stereocenters. The third-order valence-electron chi connectivity index (χ3n) is 4.72. The fraction of sp³-hybridized carbons (Fsp3) is 0.250. The van der Waals surface area contributed by atoms with E-state index in [1.807, 2.05) is 24.0 Å². The zero-order valence-corrected chi connectivity index (χ0v) is 15.0. The molecule has 7 nitrogen and oxygen atoms in total. The van der Waals surface area contributed by atoms with Crippen molar-refractivity contribution in [3.8, 4) is 11.6 Å². The number of aromatic amines is 1. The summed E-state index contributed by atoms with van der Waals surface area (Å²) in [4.78, 5) is 26.6. The van der Waals surface area contributed by atoms with Crippen LogP contribution in [0.25, 0.3) is 10.8 Å². The Kier molecular flexibility index (Phi) is 4.60. The molecule has 0 radical (unpaired) electrons. The van der Waals surface area contributed by atoms with Crippen LogP contribution in [0.5, 0.6) is 11.6 Å². The molecular formula is C20H20N4O3. The predicted molar refractivity (Wildman–Crippen MR) is 102 cm³/mol. The van der Waals surface area contributed by atoms with E-state index in [1.54, 1.807) is 30.3 Å². The number of aromatic nitrogens is 2. The van der Waals surface area contributed by atoms with Crippen molar-refractivity contribution >= 4 is 16.7 Å². The molecule has 138 valence electrons. The van der Waals surface area contributed by atoms with Crippen molar-refractivity contribution < 1.29 is 9.53 Å². The van der Waals surface area contributed by atoms with Gasteiger partial charge in [0.25, 0.3) is 11.5 Å². The van der Waals surface area contributed by atoms with Crippen molar-refractivity contribution in [3.63, 3.8) is 0 Å². The first-order chi connectivity index (χ1) is 13.1. The molecule has 2 N–H and O–H groups in total. The number of hydrogen-bond donors (Lipinski definition) is 2. The molecule has 27 heavy (non-hydrogen) atoms. The van der Waals surface area contributed by atoms with Crippen LogP contribution in [-0.2, 0) is 0 Å². The average molecular weight is 364 g/mol. The third-order valence-corrected chi connectivity index (χ3v) is 4.72. The molecule has 4 rings (SSSR count). The maximum atomic E-state index is 12.9. The zero-order valence-electron chi connectivity index (χ0n) is 15.0. The van der Waals surface area contributed by atoms with Gasteiger partial charge in [-0.25, -0.2) is 5.10 Å². The van der Waals surface area contributed by atoms with Crippen LogP contribution >= 0.6 is 0 Å². The second-order valence-corrected chi connectivity index (χ2v) is 6.52. The summed E-state index contributed by atoms with van der Waals surface area (Å²) in [5.74, 6) is 0.803. The van der Waals surface area contributed by atoms with Gasteiger partial charge in [0.1, 0.15) is 5.75 Å². The summed E-state index contributed by atoms with van der Waals surface area (Å²) < 4.78 is 5.92. The number of benzene rings is 2. The van der Waals surface area contributed by atoms with Crippen LogP contribution in [0.2, 0.25) is 0 Å². The van der Waals surface area contributed by atoms with Gasteiger partial charge < -0.3 is 15.0 Å². The average Bonchev–Trinajstić information content (AvgIpc) is 2.72. The number of fused-ring (bicyclic) bond motifs is 1. The van der Waals surface area contributed by atoms with Crippen LogP contribution in [0.15, 0.2) is 47.3 Å². The predicted octanol–water partition coefficient (Wildman–Crippen LogP) is 2.07. The highest BCUT2D eigenvalue weighted by molar-refractivity contribution is 5.96.